The van der Waals surface area contributed by atoms with Gasteiger partial charge in [-0.3, -0.25) is 0 Å². The number of anilines is 2. The number of benzene rings is 1. The second-order valence-corrected chi connectivity index (χ2v) is 8.83. The Hall–Kier alpha value is -3.35. The molecular formula is C24H26N6O. The van der Waals surface area contributed by atoms with Crippen molar-refractivity contribution in [3.8, 4) is 5.75 Å². The van der Waals surface area contributed by atoms with Gasteiger partial charge < -0.3 is 20.4 Å². The standard InChI is InChI=1S/C24H26N6O/c25-23-20-9-10-30(24(20)27-14-26-23)18-6-1-15(11-18)13-31-19-7-2-16-3-8-22(28-17-4-5-17)29-21(16)12-19/h2-3,7-10,12,14-15,17-18H,1,4-6,11,13H2,(H,28,29)(H2,25,26,27). The summed E-state index contributed by atoms with van der Waals surface area (Å²) in [5.41, 5.74) is 7.89. The Balaban J connectivity index is 1.12. The van der Waals surface area contributed by atoms with Crippen LogP contribution >= 0.6 is 0 Å². The molecule has 6 rings (SSSR count). The molecule has 0 saturated heterocycles. The molecule has 0 amide bonds. The molecule has 1 aromatic carbocycles. The largest absolute Gasteiger partial charge is 0.493 e. The minimum atomic E-state index is 0.426. The molecule has 3 aromatic heterocycles. The van der Waals surface area contributed by atoms with E-state index < -0.39 is 0 Å². The van der Waals surface area contributed by atoms with Crippen LogP contribution in [0.3, 0.4) is 0 Å². The van der Waals surface area contributed by atoms with Crippen LogP contribution in [0.2, 0.25) is 0 Å². The van der Waals surface area contributed by atoms with E-state index in [1.54, 1.807) is 6.33 Å². The summed E-state index contributed by atoms with van der Waals surface area (Å²) in [6, 6.07) is 13.4. The molecule has 2 aliphatic rings. The summed E-state index contributed by atoms with van der Waals surface area (Å²) in [5.74, 6) is 2.91. The zero-order valence-electron chi connectivity index (χ0n) is 17.4. The van der Waals surface area contributed by atoms with E-state index in [9.17, 15) is 0 Å². The Bertz CT molecular complexity index is 1250. The van der Waals surface area contributed by atoms with Crippen molar-refractivity contribution >= 4 is 33.6 Å². The molecule has 3 N–H and O–H groups in total. The summed E-state index contributed by atoms with van der Waals surface area (Å²) < 4.78 is 8.44. The van der Waals surface area contributed by atoms with Gasteiger partial charge >= 0.3 is 0 Å². The lowest BCUT2D eigenvalue weighted by molar-refractivity contribution is 0.248. The van der Waals surface area contributed by atoms with Crippen LogP contribution in [0, 0.1) is 5.92 Å². The molecule has 2 fully saturated rings. The van der Waals surface area contributed by atoms with Crippen LogP contribution in [-0.2, 0) is 0 Å². The van der Waals surface area contributed by atoms with Gasteiger partial charge in [-0.2, -0.15) is 0 Å². The van der Waals surface area contributed by atoms with Crippen molar-refractivity contribution in [1.82, 2.24) is 19.5 Å². The van der Waals surface area contributed by atoms with Gasteiger partial charge in [-0.05, 0) is 68.4 Å². The maximum atomic E-state index is 6.19. The molecule has 31 heavy (non-hydrogen) atoms. The van der Waals surface area contributed by atoms with Crippen LogP contribution in [-0.4, -0.2) is 32.2 Å². The predicted molar refractivity (Wildman–Crippen MR) is 122 cm³/mol. The normalized spacial score (nSPS) is 21.0. The number of pyridine rings is 1. The van der Waals surface area contributed by atoms with Gasteiger partial charge in [0.25, 0.3) is 0 Å². The second kappa shape index (κ2) is 7.41. The highest BCUT2D eigenvalue weighted by molar-refractivity contribution is 5.86. The third-order valence-corrected chi connectivity index (χ3v) is 6.53. The molecule has 158 valence electrons. The number of nitrogens with zero attached hydrogens (tertiary/aromatic N) is 4. The third-order valence-electron chi connectivity index (χ3n) is 6.53. The highest BCUT2D eigenvalue weighted by Crippen LogP contribution is 2.37. The molecule has 7 heteroatoms. The van der Waals surface area contributed by atoms with Crippen molar-refractivity contribution < 1.29 is 4.74 Å². The van der Waals surface area contributed by atoms with Crippen molar-refractivity contribution in [2.45, 2.75) is 44.2 Å². The Morgan fingerprint density at radius 3 is 2.87 bits per heavy atom. The fourth-order valence-corrected chi connectivity index (χ4v) is 4.66. The Morgan fingerprint density at radius 2 is 1.97 bits per heavy atom. The molecule has 0 radical (unpaired) electrons. The molecular weight excluding hydrogens is 388 g/mol. The molecule has 7 nitrogen and oxygen atoms in total. The molecule has 2 aliphatic carbocycles. The van der Waals surface area contributed by atoms with E-state index in [-0.39, 0.29) is 0 Å². The van der Waals surface area contributed by atoms with Crippen molar-refractivity contribution in [2.24, 2.45) is 5.92 Å². The number of nitrogens with one attached hydrogen (secondary N) is 1. The molecule has 0 aliphatic heterocycles. The molecule has 2 atom stereocenters. The molecule has 0 bridgehead atoms. The van der Waals surface area contributed by atoms with E-state index in [1.807, 2.05) is 12.1 Å². The number of aromatic nitrogens is 4. The first-order valence-electron chi connectivity index (χ1n) is 11.1. The first-order valence-corrected chi connectivity index (χ1v) is 11.1. The summed E-state index contributed by atoms with van der Waals surface area (Å²) >= 11 is 0. The maximum absolute atomic E-state index is 6.19. The average Bonchev–Trinajstić information content (AvgIpc) is 3.29. The van der Waals surface area contributed by atoms with Crippen LogP contribution in [0.5, 0.6) is 5.75 Å². The number of hydrogen-bond acceptors (Lipinski definition) is 6. The van der Waals surface area contributed by atoms with Crippen LogP contribution < -0.4 is 15.8 Å². The van der Waals surface area contributed by atoms with Crippen LogP contribution in [0.15, 0.2) is 48.9 Å². The van der Waals surface area contributed by atoms with E-state index >= 15 is 0 Å². The third kappa shape index (κ3) is 3.65. The van der Waals surface area contributed by atoms with E-state index in [1.165, 1.54) is 12.8 Å². The van der Waals surface area contributed by atoms with E-state index in [2.05, 4.69) is 50.3 Å². The number of nitrogen functional groups attached to an aromatic ring is 1. The van der Waals surface area contributed by atoms with Crippen molar-refractivity contribution in [3.05, 3.63) is 48.9 Å². The number of ether oxygens (including phenoxy) is 1. The van der Waals surface area contributed by atoms with E-state index in [0.29, 0.717) is 23.8 Å². The monoisotopic (exact) mass is 414 g/mol. The molecule has 4 aromatic rings. The summed E-state index contributed by atoms with van der Waals surface area (Å²) in [5, 5.41) is 5.53. The number of fused-ring (bicyclic) bond motifs is 2. The van der Waals surface area contributed by atoms with Crippen molar-refractivity contribution in [3.63, 3.8) is 0 Å². The summed E-state index contributed by atoms with van der Waals surface area (Å²) in [7, 11) is 0. The van der Waals surface area contributed by atoms with Gasteiger partial charge in [-0.25, -0.2) is 15.0 Å². The highest BCUT2D eigenvalue weighted by atomic mass is 16.5. The first kappa shape index (κ1) is 18.4. The average molecular weight is 415 g/mol. The van der Waals surface area contributed by atoms with Gasteiger partial charge in [0.15, 0.2) is 0 Å². The smallest absolute Gasteiger partial charge is 0.145 e. The maximum Gasteiger partial charge on any atom is 0.145 e. The van der Waals surface area contributed by atoms with Crippen LogP contribution in [0.1, 0.15) is 38.1 Å². The van der Waals surface area contributed by atoms with Crippen molar-refractivity contribution in [1.29, 1.82) is 0 Å². The molecule has 3 heterocycles. The Kier molecular flexibility index (Phi) is 4.40. The topological polar surface area (TPSA) is 90.9 Å². The lowest BCUT2D eigenvalue weighted by Gasteiger charge is -2.15. The van der Waals surface area contributed by atoms with Gasteiger partial charge in [-0.15, -0.1) is 0 Å². The fraction of sp³-hybridized carbons (Fsp3) is 0.375. The second-order valence-electron chi connectivity index (χ2n) is 8.83. The highest BCUT2D eigenvalue weighted by Gasteiger charge is 2.27. The molecule has 0 spiro atoms. The Morgan fingerprint density at radius 1 is 1.06 bits per heavy atom. The minimum Gasteiger partial charge on any atom is -0.493 e. The zero-order chi connectivity index (χ0) is 20.8. The number of hydrogen-bond donors (Lipinski definition) is 2. The zero-order valence-corrected chi connectivity index (χ0v) is 17.4. The van der Waals surface area contributed by atoms with E-state index in [0.717, 1.165) is 59.4 Å². The van der Waals surface area contributed by atoms with Gasteiger partial charge in [0.05, 0.1) is 17.5 Å². The lowest BCUT2D eigenvalue weighted by Crippen LogP contribution is -2.11. The minimum absolute atomic E-state index is 0.426. The van der Waals surface area contributed by atoms with Crippen LogP contribution in [0.4, 0.5) is 11.6 Å². The Labute approximate surface area is 180 Å². The first-order chi connectivity index (χ1) is 15.2. The number of nitrogens with two attached hydrogens (primary N) is 1. The molecule has 2 unspecified atom stereocenters. The fourth-order valence-electron chi connectivity index (χ4n) is 4.66. The SMILES string of the molecule is Nc1ncnc2c1ccn2C1CCC(COc2ccc3ccc(NC4CC4)nc3c2)C1. The predicted octanol–water partition coefficient (Wildman–Crippen LogP) is 4.56. The van der Waals surface area contributed by atoms with Gasteiger partial charge in [0.2, 0.25) is 0 Å². The quantitative estimate of drug-likeness (QED) is 0.481. The summed E-state index contributed by atoms with van der Waals surface area (Å²) in [4.78, 5) is 13.3. The van der Waals surface area contributed by atoms with Gasteiger partial charge in [0, 0.05) is 29.7 Å². The summed E-state index contributed by atoms with van der Waals surface area (Å²) in [6.45, 7) is 0.721. The van der Waals surface area contributed by atoms with Gasteiger partial charge in [0.1, 0.15) is 29.4 Å². The number of rotatable bonds is 6. The molecule has 2 saturated carbocycles. The lowest BCUT2D eigenvalue weighted by atomic mass is 10.1. The van der Waals surface area contributed by atoms with Crippen molar-refractivity contribution in [2.75, 3.05) is 17.7 Å². The van der Waals surface area contributed by atoms with Crippen LogP contribution in [0.25, 0.3) is 21.9 Å². The summed E-state index contributed by atoms with van der Waals surface area (Å²) in [6.07, 6.45) is 9.46. The van der Waals surface area contributed by atoms with E-state index in [4.69, 9.17) is 15.5 Å². The van der Waals surface area contributed by atoms with Gasteiger partial charge in [-0.1, -0.05) is 0 Å².